The van der Waals surface area contributed by atoms with Gasteiger partial charge < -0.3 is 20.2 Å². The van der Waals surface area contributed by atoms with E-state index in [9.17, 15) is 33.1 Å². The summed E-state index contributed by atoms with van der Waals surface area (Å²) in [6.45, 7) is 2.72. The molecule has 2 aliphatic heterocycles. The number of nitrogens with zero attached hydrogens (tertiary/aromatic N) is 2. The molecule has 2 heterocycles. The standard InChI is InChI=1S/C27H28F2N4O5/c1-26(2)21(34)10-20(15-6-17(28)9-18(29)7-15)33(24(26)37)13-22(35)30-19-5-4-14-11-27(12-16(14)8-19)23(36)31-25(38)32(27)3/h4-9,20-21,34H,10-13H2,1-3H3,(H,30,35)(H,31,36,38). The minimum absolute atomic E-state index is 0.00411. The Kier molecular flexibility index (Phi) is 6.01. The van der Waals surface area contributed by atoms with Crippen LogP contribution in [0.3, 0.4) is 0 Å². The monoisotopic (exact) mass is 526 g/mol. The number of carbonyl (C=O) groups excluding carboxylic acids is 4. The molecule has 5 rings (SSSR count). The molecule has 0 bridgehead atoms. The molecule has 1 spiro atoms. The molecule has 3 atom stereocenters. The number of nitrogens with one attached hydrogen (secondary N) is 2. The third-order valence-corrected chi connectivity index (χ3v) is 8.10. The van der Waals surface area contributed by atoms with E-state index < -0.39 is 59.1 Å². The second kappa shape index (κ2) is 8.87. The normalized spacial score (nSPS) is 26.1. The predicted molar refractivity (Wildman–Crippen MR) is 132 cm³/mol. The number of carbonyl (C=O) groups is 4. The number of amides is 5. The van der Waals surface area contributed by atoms with Crippen molar-refractivity contribution in [1.82, 2.24) is 15.1 Å². The van der Waals surface area contributed by atoms with E-state index in [2.05, 4.69) is 10.6 Å². The van der Waals surface area contributed by atoms with Crippen molar-refractivity contribution in [2.75, 3.05) is 18.9 Å². The van der Waals surface area contributed by atoms with Crippen LogP contribution in [0.2, 0.25) is 0 Å². The Morgan fingerprint density at radius 1 is 1.08 bits per heavy atom. The van der Waals surface area contributed by atoms with E-state index in [0.29, 0.717) is 24.6 Å². The average molecular weight is 527 g/mol. The van der Waals surface area contributed by atoms with Gasteiger partial charge >= 0.3 is 6.03 Å². The number of anilines is 1. The first kappa shape index (κ1) is 25.8. The lowest BCUT2D eigenvalue weighted by Crippen LogP contribution is -2.56. The number of aliphatic hydroxyl groups excluding tert-OH is 1. The number of halogens is 2. The molecular formula is C27H28F2N4O5. The third kappa shape index (κ3) is 4.10. The van der Waals surface area contributed by atoms with Gasteiger partial charge in [-0.05, 0) is 61.2 Å². The van der Waals surface area contributed by atoms with Gasteiger partial charge in [0.25, 0.3) is 5.91 Å². The molecule has 11 heteroatoms. The van der Waals surface area contributed by atoms with Crippen molar-refractivity contribution in [3.8, 4) is 0 Å². The molecule has 2 saturated heterocycles. The third-order valence-electron chi connectivity index (χ3n) is 8.10. The lowest BCUT2D eigenvalue weighted by Gasteiger charge is -2.45. The second-order valence-electron chi connectivity index (χ2n) is 10.9. The molecule has 38 heavy (non-hydrogen) atoms. The van der Waals surface area contributed by atoms with E-state index >= 15 is 0 Å². The average Bonchev–Trinajstić information content (AvgIpc) is 3.31. The molecule has 3 N–H and O–H groups in total. The zero-order valence-corrected chi connectivity index (χ0v) is 21.2. The van der Waals surface area contributed by atoms with Crippen LogP contribution in [0.1, 0.15) is 43.0 Å². The topological polar surface area (TPSA) is 119 Å². The first-order chi connectivity index (χ1) is 17.8. The van der Waals surface area contributed by atoms with Gasteiger partial charge in [-0.15, -0.1) is 0 Å². The number of rotatable bonds is 4. The van der Waals surface area contributed by atoms with Crippen molar-refractivity contribution in [1.29, 1.82) is 0 Å². The quantitative estimate of drug-likeness (QED) is 0.529. The first-order valence-electron chi connectivity index (χ1n) is 12.3. The van der Waals surface area contributed by atoms with Gasteiger partial charge in [0.1, 0.15) is 23.7 Å². The van der Waals surface area contributed by atoms with Crippen LogP contribution in [-0.4, -0.2) is 63.9 Å². The van der Waals surface area contributed by atoms with E-state index in [-0.39, 0.29) is 17.9 Å². The fraction of sp³-hybridized carbons (Fsp3) is 0.407. The minimum Gasteiger partial charge on any atom is -0.392 e. The number of hydrogen-bond donors (Lipinski definition) is 3. The summed E-state index contributed by atoms with van der Waals surface area (Å²) < 4.78 is 27.9. The predicted octanol–water partition coefficient (Wildman–Crippen LogP) is 2.28. The van der Waals surface area contributed by atoms with Crippen LogP contribution in [0.25, 0.3) is 0 Å². The van der Waals surface area contributed by atoms with Gasteiger partial charge in [-0.3, -0.25) is 19.7 Å². The van der Waals surface area contributed by atoms with E-state index in [1.165, 1.54) is 9.80 Å². The zero-order chi connectivity index (χ0) is 27.6. The summed E-state index contributed by atoms with van der Waals surface area (Å²) in [7, 11) is 1.57. The van der Waals surface area contributed by atoms with Gasteiger partial charge in [0.05, 0.1) is 17.6 Å². The lowest BCUT2D eigenvalue weighted by atomic mass is 9.76. The van der Waals surface area contributed by atoms with Gasteiger partial charge in [-0.2, -0.15) is 0 Å². The largest absolute Gasteiger partial charge is 0.392 e. The minimum atomic E-state index is -1.20. The fourth-order valence-corrected chi connectivity index (χ4v) is 5.68. The molecule has 0 saturated carbocycles. The maximum absolute atomic E-state index is 14.0. The Balaban J connectivity index is 1.36. The van der Waals surface area contributed by atoms with E-state index in [4.69, 9.17) is 0 Å². The van der Waals surface area contributed by atoms with E-state index in [1.807, 2.05) is 0 Å². The van der Waals surface area contributed by atoms with Gasteiger partial charge in [-0.1, -0.05) is 6.07 Å². The highest BCUT2D eigenvalue weighted by Gasteiger charge is 2.54. The summed E-state index contributed by atoms with van der Waals surface area (Å²) in [6.07, 6.45) is -0.419. The van der Waals surface area contributed by atoms with Gasteiger partial charge in [0.2, 0.25) is 11.8 Å². The lowest BCUT2D eigenvalue weighted by molar-refractivity contribution is -0.160. The molecule has 1 aliphatic carbocycles. The van der Waals surface area contributed by atoms with Crippen molar-refractivity contribution in [3.63, 3.8) is 0 Å². The SMILES string of the molecule is CN1C(=O)NC(=O)C12Cc1ccc(NC(=O)CN3C(=O)C(C)(C)C(O)CC3c3cc(F)cc(F)c3)cc1C2. The number of fused-ring (bicyclic) bond motifs is 1. The summed E-state index contributed by atoms with van der Waals surface area (Å²) >= 11 is 0. The van der Waals surface area contributed by atoms with Crippen molar-refractivity contribution in [2.24, 2.45) is 5.41 Å². The molecule has 5 amide bonds. The van der Waals surface area contributed by atoms with Crippen molar-refractivity contribution >= 4 is 29.4 Å². The Morgan fingerprint density at radius 2 is 1.74 bits per heavy atom. The fourth-order valence-electron chi connectivity index (χ4n) is 5.68. The number of likely N-dealkylation sites (tertiary alicyclic amines) is 1. The maximum Gasteiger partial charge on any atom is 0.324 e. The van der Waals surface area contributed by atoms with Gasteiger partial charge in [0.15, 0.2) is 0 Å². The Labute approximate surface area is 217 Å². The maximum atomic E-state index is 14.0. The van der Waals surface area contributed by atoms with Crippen molar-refractivity contribution in [3.05, 3.63) is 64.7 Å². The smallest absolute Gasteiger partial charge is 0.324 e. The highest BCUT2D eigenvalue weighted by atomic mass is 19.1. The van der Waals surface area contributed by atoms with Crippen LogP contribution in [0.5, 0.6) is 0 Å². The summed E-state index contributed by atoms with van der Waals surface area (Å²) in [6, 6.07) is 6.73. The molecule has 9 nitrogen and oxygen atoms in total. The zero-order valence-electron chi connectivity index (χ0n) is 21.2. The summed E-state index contributed by atoms with van der Waals surface area (Å²) in [5, 5.41) is 15.7. The Bertz CT molecular complexity index is 1360. The molecule has 2 fully saturated rings. The van der Waals surface area contributed by atoms with Crippen LogP contribution in [0, 0.1) is 17.0 Å². The Hall–Kier alpha value is -3.86. The first-order valence-corrected chi connectivity index (χ1v) is 12.3. The number of benzene rings is 2. The van der Waals surface area contributed by atoms with Crippen LogP contribution in [-0.2, 0) is 27.2 Å². The second-order valence-corrected chi connectivity index (χ2v) is 10.9. The van der Waals surface area contributed by atoms with E-state index in [0.717, 1.165) is 23.3 Å². The van der Waals surface area contributed by atoms with Gasteiger partial charge in [0, 0.05) is 31.6 Å². The number of urea groups is 1. The van der Waals surface area contributed by atoms with Crippen molar-refractivity contribution in [2.45, 2.75) is 50.8 Å². The van der Waals surface area contributed by atoms with Crippen LogP contribution in [0.4, 0.5) is 19.3 Å². The van der Waals surface area contributed by atoms with E-state index in [1.54, 1.807) is 39.1 Å². The highest BCUT2D eigenvalue weighted by Crippen LogP contribution is 2.41. The molecule has 2 aromatic carbocycles. The molecule has 0 aromatic heterocycles. The number of imide groups is 1. The van der Waals surface area contributed by atoms with Crippen LogP contribution >= 0.6 is 0 Å². The molecule has 0 radical (unpaired) electrons. The summed E-state index contributed by atoms with van der Waals surface area (Å²) in [5.74, 6) is -3.06. The highest BCUT2D eigenvalue weighted by molar-refractivity contribution is 6.07. The number of aliphatic hydroxyl groups is 1. The van der Waals surface area contributed by atoms with Gasteiger partial charge in [-0.25, -0.2) is 13.6 Å². The summed E-state index contributed by atoms with van der Waals surface area (Å²) in [4.78, 5) is 53.6. The molecule has 2 aromatic rings. The molecule has 3 aliphatic rings. The number of hydrogen-bond acceptors (Lipinski definition) is 5. The van der Waals surface area contributed by atoms with Crippen LogP contribution < -0.4 is 10.6 Å². The number of piperidine rings is 1. The number of likely N-dealkylation sites (N-methyl/N-ethyl adjacent to an activating group) is 1. The summed E-state index contributed by atoms with van der Waals surface area (Å²) in [5.41, 5.74) is 0.0865. The molecule has 200 valence electrons. The molecular weight excluding hydrogens is 498 g/mol. The Morgan fingerprint density at radius 3 is 2.37 bits per heavy atom. The van der Waals surface area contributed by atoms with Crippen molar-refractivity contribution < 1.29 is 33.1 Å². The molecule has 3 unspecified atom stereocenters. The van der Waals surface area contributed by atoms with Crippen LogP contribution in [0.15, 0.2) is 36.4 Å².